The minimum Gasteiger partial charge on any atom is -0.396 e. The van der Waals surface area contributed by atoms with Crippen molar-refractivity contribution < 1.29 is 4.84 Å². The van der Waals surface area contributed by atoms with Gasteiger partial charge in [0.15, 0.2) is 5.16 Å². The maximum absolute atomic E-state index is 5.64. The predicted octanol–water partition coefficient (Wildman–Crippen LogP) is 4.65. The molecule has 3 heterocycles. The molecule has 1 aliphatic rings. The van der Waals surface area contributed by atoms with Gasteiger partial charge in [0.05, 0.1) is 17.1 Å². The third-order valence-electron chi connectivity index (χ3n) is 4.96. The summed E-state index contributed by atoms with van der Waals surface area (Å²) in [5.41, 5.74) is 6.87. The zero-order valence-electron chi connectivity index (χ0n) is 17.3. The summed E-state index contributed by atoms with van der Waals surface area (Å²) in [6.07, 6.45) is 8.54. The Kier molecular flexibility index (Phi) is 6.69. The lowest BCUT2D eigenvalue weighted by Crippen LogP contribution is -2.16. The van der Waals surface area contributed by atoms with Gasteiger partial charge in [0.1, 0.15) is 12.3 Å². The van der Waals surface area contributed by atoms with E-state index in [1.54, 1.807) is 11.8 Å². The zero-order valence-corrected chi connectivity index (χ0v) is 18.2. The fourth-order valence-electron chi connectivity index (χ4n) is 3.46. The molecule has 0 spiro atoms. The summed E-state index contributed by atoms with van der Waals surface area (Å²) in [6, 6.07) is 12.1. The van der Waals surface area contributed by atoms with Gasteiger partial charge in [0.25, 0.3) is 0 Å². The quantitative estimate of drug-likeness (QED) is 0.240. The molecule has 30 heavy (non-hydrogen) atoms. The standard InChI is InChI=1S/C23H25N5OS/c1-16-7-3-11-19(25-16)20-12-5-9-18(26-20)10-6-14-29-28-21-13-4-8-17-15-24-23(30-2)27-22(17)21/h3,5,7,9,11-12,15H,4,6,8,10,13-14H2,1-2H3. The molecule has 0 saturated heterocycles. The highest BCUT2D eigenvalue weighted by molar-refractivity contribution is 7.98. The second-order valence-electron chi connectivity index (χ2n) is 7.24. The van der Waals surface area contributed by atoms with Gasteiger partial charge in [-0.2, -0.15) is 0 Å². The van der Waals surface area contributed by atoms with Crippen LogP contribution in [-0.2, 0) is 17.7 Å². The first kappa shape index (κ1) is 20.5. The number of oxime groups is 1. The van der Waals surface area contributed by atoms with Crippen molar-refractivity contribution in [2.45, 2.75) is 44.2 Å². The fourth-order valence-corrected chi connectivity index (χ4v) is 3.80. The third-order valence-corrected chi connectivity index (χ3v) is 5.52. The van der Waals surface area contributed by atoms with Crippen LogP contribution in [0.1, 0.15) is 41.9 Å². The van der Waals surface area contributed by atoms with Crippen molar-refractivity contribution >= 4 is 17.5 Å². The van der Waals surface area contributed by atoms with Gasteiger partial charge in [-0.05, 0) is 75.1 Å². The Morgan fingerprint density at radius 1 is 1.03 bits per heavy atom. The summed E-state index contributed by atoms with van der Waals surface area (Å²) < 4.78 is 0. The van der Waals surface area contributed by atoms with Crippen molar-refractivity contribution in [3.63, 3.8) is 0 Å². The molecule has 0 unspecified atom stereocenters. The van der Waals surface area contributed by atoms with Crippen molar-refractivity contribution in [3.8, 4) is 11.4 Å². The van der Waals surface area contributed by atoms with Crippen LogP contribution in [0.2, 0.25) is 0 Å². The Morgan fingerprint density at radius 2 is 1.87 bits per heavy atom. The Balaban J connectivity index is 1.34. The monoisotopic (exact) mass is 419 g/mol. The molecule has 1 aliphatic carbocycles. The summed E-state index contributed by atoms with van der Waals surface area (Å²) in [5, 5.41) is 5.17. The number of pyridine rings is 2. The van der Waals surface area contributed by atoms with E-state index in [0.29, 0.717) is 6.61 Å². The van der Waals surface area contributed by atoms with Crippen LogP contribution in [0.4, 0.5) is 0 Å². The highest BCUT2D eigenvalue weighted by atomic mass is 32.2. The lowest BCUT2D eigenvalue weighted by molar-refractivity contribution is 0.141. The lowest BCUT2D eigenvalue weighted by Gasteiger charge is -2.16. The van der Waals surface area contributed by atoms with E-state index >= 15 is 0 Å². The van der Waals surface area contributed by atoms with E-state index in [4.69, 9.17) is 9.82 Å². The van der Waals surface area contributed by atoms with Crippen LogP contribution in [0.5, 0.6) is 0 Å². The van der Waals surface area contributed by atoms with Gasteiger partial charge < -0.3 is 4.84 Å². The lowest BCUT2D eigenvalue weighted by atomic mass is 9.96. The molecule has 0 aliphatic heterocycles. The van der Waals surface area contributed by atoms with Crippen LogP contribution in [-0.4, -0.2) is 38.5 Å². The summed E-state index contributed by atoms with van der Waals surface area (Å²) in [5.74, 6) is 0. The van der Waals surface area contributed by atoms with Gasteiger partial charge in [-0.15, -0.1) is 0 Å². The van der Waals surface area contributed by atoms with Crippen molar-refractivity contribution in [1.29, 1.82) is 0 Å². The van der Waals surface area contributed by atoms with Gasteiger partial charge in [0.2, 0.25) is 0 Å². The molecule has 0 aromatic carbocycles. The first-order valence-electron chi connectivity index (χ1n) is 10.2. The van der Waals surface area contributed by atoms with Crippen LogP contribution < -0.4 is 0 Å². The van der Waals surface area contributed by atoms with E-state index in [9.17, 15) is 0 Å². The SMILES string of the molecule is CSc1ncc2c(n1)C(=NOCCCc1cccc(-c3cccc(C)n3)n1)CCC2. The van der Waals surface area contributed by atoms with Gasteiger partial charge in [-0.1, -0.05) is 29.1 Å². The first-order valence-corrected chi connectivity index (χ1v) is 11.4. The molecule has 4 rings (SSSR count). The number of hydrogen-bond donors (Lipinski definition) is 0. The Morgan fingerprint density at radius 3 is 2.70 bits per heavy atom. The first-order chi connectivity index (χ1) is 14.7. The molecule has 0 N–H and O–H groups in total. The number of aromatic nitrogens is 4. The fraction of sp³-hybridized carbons (Fsp3) is 0.348. The molecule has 0 bridgehead atoms. The molecule has 0 atom stereocenters. The van der Waals surface area contributed by atoms with Crippen molar-refractivity contribution in [1.82, 2.24) is 19.9 Å². The van der Waals surface area contributed by atoms with Crippen molar-refractivity contribution in [3.05, 3.63) is 65.2 Å². The van der Waals surface area contributed by atoms with Crippen molar-refractivity contribution in [2.24, 2.45) is 5.16 Å². The molecular formula is C23H25N5OS. The van der Waals surface area contributed by atoms with Gasteiger partial charge in [-0.25, -0.2) is 9.97 Å². The average molecular weight is 420 g/mol. The molecule has 7 heteroatoms. The van der Waals surface area contributed by atoms with Crippen LogP contribution >= 0.6 is 11.8 Å². The second kappa shape index (κ2) is 9.80. The summed E-state index contributed by atoms with van der Waals surface area (Å²) in [6.45, 7) is 2.54. The van der Waals surface area contributed by atoms with Gasteiger partial charge in [-0.3, -0.25) is 9.97 Å². The van der Waals surface area contributed by atoms with E-state index in [1.807, 2.05) is 55.8 Å². The second-order valence-corrected chi connectivity index (χ2v) is 8.01. The highest BCUT2D eigenvalue weighted by Crippen LogP contribution is 2.22. The van der Waals surface area contributed by atoms with E-state index in [2.05, 4.69) is 20.1 Å². The molecule has 3 aromatic heterocycles. The smallest absolute Gasteiger partial charge is 0.187 e. The van der Waals surface area contributed by atoms with Crippen LogP contribution in [0.15, 0.2) is 52.9 Å². The molecular weight excluding hydrogens is 394 g/mol. The van der Waals surface area contributed by atoms with E-state index in [0.717, 1.165) is 77.0 Å². The van der Waals surface area contributed by atoms with Gasteiger partial charge >= 0.3 is 0 Å². The Hall–Kier alpha value is -2.80. The number of fused-ring (bicyclic) bond motifs is 1. The zero-order chi connectivity index (χ0) is 20.8. The van der Waals surface area contributed by atoms with E-state index in [-0.39, 0.29) is 0 Å². The molecule has 3 aromatic rings. The Bertz CT molecular complexity index is 1050. The molecule has 6 nitrogen and oxygen atoms in total. The third kappa shape index (κ3) is 5.02. The molecule has 0 fully saturated rings. The molecule has 0 radical (unpaired) electrons. The number of thioether (sulfide) groups is 1. The minimum absolute atomic E-state index is 0.550. The summed E-state index contributed by atoms with van der Waals surface area (Å²) >= 11 is 1.54. The number of nitrogens with zero attached hydrogens (tertiary/aromatic N) is 5. The minimum atomic E-state index is 0.550. The predicted molar refractivity (Wildman–Crippen MR) is 120 cm³/mol. The summed E-state index contributed by atoms with van der Waals surface area (Å²) in [4.78, 5) is 23.9. The number of hydrogen-bond acceptors (Lipinski definition) is 7. The molecule has 154 valence electrons. The van der Waals surface area contributed by atoms with Crippen LogP contribution in [0.25, 0.3) is 11.4 Å². The van der Waals surface area contributed by atoms with E-state index < -0.39 is 0 Å². The summed E-state index contributed by atoms with van der Waals surface area (Å²) in [7, 11) is 0. The maximum Gasteiger partial charge on any atom is 0.187 e. The maximum atomic E-state index is 5.64. The van der Waals surface area contributed by atoms with E-state index in [1.165, 1.54) is 0 Å². The van der Waals surface area contributed by atoms with Gasteiger partial charge in [0, 0.05) is 17.6 Å². The van der Waals surface area contributed by atoms with Crippen molar-refractivity contribution in [2.75, 3.05) is 12.9 Å². The molecule has 0 saturated carbocycles. The average Bonchev–Trinajstić information content (AvgIpc) is 2.79. The Labute approximate surface area is 181 Å². The molecule has 0 amide bonds. The topological polar surface area (TPSA) is 73.2 Å². The number of rotatable bonds is 7. The highest BCUT2D eigenvalue weighted by Gasteiger charge is 2.19. The number of aryl methyl sites for hydroxylation is 3. The normalized spacial score (nSPS) is 14.5. The van der Waals surface area contributed by atoms with Crippen LogP contribution in [0.3, 0.4) is 0 Å². The largest absolute Gasteiger partial charge is 0.396 e. The van der Waals surface area contributed by atoms with Crippen LogP contribution in [0, 0.1) is 6.92 Å².